The summed E-state index contributed by atoms with van der Waals surface area (Å²) < 4.78 is 24.8. The van der Waals surface area contributed by atoms with Crippen molar-refractivity contribution in [2.45, 2.75) is 25.5 Å². The highest BCUT2D eigenvalue weighted by molar-refractivity contribution is 7.84. The van der Waals surface area contributed by atoms with E-state index in [-0.39, 0.29) is 11.1 Å². The molecular formula is C10H16FN3OS. The lowest BCUT2D eigenvalue weighted by molar-refractivity contribution is 0.596. The molecule has 0 saturated carbocycles. The van der Waals surface area contributed by atoms with Crippen molar-refractivity contribution in [2.24, 2.45) is 0 Å². The second kappa shape index (κ2) is 5.89. The third-order valence-corrected chi connectivity index (χ3v) is 3.62. The van der Waals surface area contributed by atoms with Crippen LogP contribution < -0.4 is 5.32 Å². The molecule has 1 aromatic heterocycles. The van der Waals surface area contributed by atoms with Gasteiger partial charge in [0.25, 0.3) is 0 Å². The van der Waals surface area contributed by atoms with Crippen molar-refractivity contribution in [3.8, 4) is 0 Å². The van der Waals surface area contributed by atoms with Gasteiger partial charge in [-0.25, -0.2) is 14.4 Å². The number of aromatic nitrogens is 2. The first-order valence-corrected chi connectivity index (χ1v) is 6.73. The van der Waals surface area contributed by atoms with Gasteiger partial charge in [-0.3, -0.25) is 4.21 Å². The van der Waals surface area contributed by atoms with Gasteiger partial charge in [0, 0.05) is 28.9 Å². The van der Waals surface area contributed by atoms with Crippen LogP contribution in [0.1, 0.15) is 19.5 Å². The Morgan fingerprint density at radius 2 is 2.25 bits per heavy atom. The topological polar surface area (TPSA) is 54.9 Å². The molecule has 0 bridgehead atoms. The Morgan fingerprint density at radius 3 is 2.81 bits per heavy atom. The third kappa shape index (κ3) is 3.23. The van der Waals surface area contributed by atoms with E-state index in [1.807, 2.05) is 13.8 Å². The van der Waals surface area contributed by atoms with Crippen LogP contribution in [-0.4, -0.2) is 32.2 Å². The van der Waals surface area contributed by atoms with E-state index >= 15 is 0 Å². The molecule has 1 heterocycles. The van der Waals surface area contributed by atoms with Gasteiger partial charge in [0.15, 0.2) is 11.6 Å². The largest absolute Gasteiger partial charge is 0.366 e. The second-order valence-corrected chi connectivity index (χ2v) is 5.33. The van der Waals surface area contributed by atoms with Crippen LogP contribution in [0.4, 0.5) is 10.2 Å². The summed E-state index contributed by atoms with van der Waals surface area (Å²) in [6.07, 6.45) is 3.48. The van der Waals surface area contributed by atoms with Gasteiger partial charge >= 0.3 is 0 Å². The van der Waals surface area contributed by atoms with E-state index in [2.05, 4.69) is 15.3 Å². The lowest BCUT2D eigenvalue weighted by Crippen LogP contribution is -2.22. The van der Waals surface area contributed by atoms with Gasteiger partial charge in [0.05, 0.1) is 5.69 Å². The zero-order valence-electron chi connectivity index (χ0n) is 9.66. The smallest absolute Gasteiger partial charge is 0.186 e. The van der Waals surface area contributed by atoms with Crippen molar-refractivity contribution in [1.29, 1.82) is 0 Å². The standard InChI is InChI=1S/C10H16FN3OS/c1-4-8-9(11)10(14-6-13-8)12-5-7(2)16(3)15/h6-7H,4-5H2,1-3H3,(H,12,13,14). The van der Waals surface area contributed by atoms with E-state index in [0.717, 1.165) is 0 Å². The van der Waals surface area contributed by atoms with E-state index in [1.165, 1.54) is 6.33 Å². The Kier molecular flexibility index (Phi) is 4.79. The summed E-state index contributed by atoms with van der Waals surface area (Å²) in [5.74, 6) is -0.233. The van der Waals surface area contributed by atoms with Crippen LogP contribution in [0, 0.1) is 5.82 Å². The molecule has 0 aliphatic rings. The molecule has 0 spiro atoms. The molecule has 2 unspecified atom stereocenters. The molecule has 0 saturated heterocycles. The summed E-state index contributed by atoms with van der Waals surface area (Å²) in [5.41, 5.74) is 0.391. The maximum Gasteiger partial charge on any atom is 0.186 e. The van der Waals surface area contributed by atoms with E-state index in [0.29, 0.717) is 18.7 Å². The Bertz CT molecular complexity index is 386. The number of hydrogen-bond acceptors (Lipinski definition) is 4. The number of nitrogens with one attached hydrogen (secondary N) is 1. The van der Waals surface area contributed by atoms with Gasteiger partial charge in [-0.05, 0) is 13.3 Å². The number of rotatable bonds is 5. The second-order valence-electron chi connectivity index (χ2n) is 3.53. The fraction of sp³-hybridized carbons (Fsp3) is 0.600. The van der Waals surface area contributed by atoms with E-state index in [9.17, 15) is 8.60 Å². The molecule has 1 N–H and O–H groups in total. The maximum atomic E-state index is 13.7. The van der Waals surface area contributed by atoms with E-state index in [1.54, 1.807) is 6.26 Å². The molecule has 2 atom stereocenters. The normalized spacial score (nSPS) is 14.5. The molecular weight excluding hydrogens is 229 g/mol. The number of nitrogens with zero attached hydrogens (tertiary/aromatic N) is 2. The lowest BCUT2D eigenvalue weighted by Gasteiger charge is -2.11. The number of aryl methyl sites for hydroxylation is 1. The van der Waals surface area contributed by atoms with Crippen LogP contribution >= 0.6 is 0 Å². The fourth-order valence-electron chi connectivity index (χ4n) is 1.13. The van der Waals surface area contributed by atoms with Crippen molar-refractivity contribution in [1.82, 2.24) is 9.97 Å². The summed E-state index contributed by atoms with van der Waals surface area (Å²) >= 11 is 0. The van der Waals surface area contributed by atoms with Gasteiger partial charge in [-0.2, -0.15) is 0 Å². The van der Waals surface area contributed by atoms with Gasteiger partial charge in [-0.15, -0.1) is 0 Å². The van der Waals surface area contributed by atoms with Gasteiger partial charge < -0.3 is 5.32 Å². The highest BCUT2D eigenvalue weighted by Gasteiger charge is 2.11. The van der Waals surface area contributed by atoms with Crippen LogP contribution in [0.15, 0.2) is 6.33 Å². The van der Waals surface area contributed by atoms with Gasteiger partial charge in [0.1, 0.15) is 6.33 Å². The van der Waals surface area contributed by atoms with Crippen LogP contribution in [-0.2, 0) is 17.2 Å². The monoisotopic (exact) mass is 245 g/mol. The fourth-order valence-corrected chi connectivity index (χ4v) is 1.45. The minimum atomic E-state index is -0.926. The molecule has 4 nitrogen and oxygen atoms in total. The first kappa shape index (κ1) is 13.0. The zero-order chi connectivity index (χ0) is 12.1. The molecule has 90 valence electrons. The van der Waals surface area contributed by atoms with Crippen LogP contribution in [0.5, 0.6) is 0 Å². The van der Waals surface area contributed by atoms with Crippen molar-refractivity contribution in [3.63, 3.8) is 0 Å². The molecule has 0 aliphatic heterocycles. The summed E-state index contributed by atoms with van der Waals surface area (Å²) in [6, 6.07) is 0. The highest BCUT2D eigenvalue weighted by Crippen LogP contribution is 2.13. The number of halogens is 1. The Balaban J connectivity index is 2.71. The van der Waals surface area contributed by atoms with E-state index < -0.39 is 16.6 Å². The quantitative estimate of drug-likeness (QED) is 0.851. The Labute approximate surface area is 97.2 Å². The molecule has 0 aliphatic carbocycles. The van der Waals surface area contributed by atoms with E-state index in [4.69, 9.17) is 0 Å². The SMILES string of the molecule is CCc1ncnc(NCC(C)S(C)=O)c1F. The molecule has 1 rings (SSSR count). The summed E-state index contributed by atoms with van der Waals surface area (Å²) in [4.78, 5) is 7.66. The number of hydrogen-bond donors (Lipinski definition) is 1. The van der Waals surface area contributed by atoms with Gasteiger partial charge in [-0.1, -0.05) is 6.92 Å². The first-order chi connectivity index (χ1) is 7.56. The molecule has 1 aromatic rings. The summed E-state index contributed by atoms with van der Waals surface area (Å²) in [7, 11) is -0.926. The predicted octanol–water partition coefficient (Wildman–Crippen LogP) is 1.36. The number of anilines is 1. The van der Waals surface area contributed by atoms with Gasteiger partial charge in [0.2, 0.25) is 0 Å². The minimum Gasteiger partial charge on any atom is -0.366 e. The van der Waals surface area contributed by atoms with Crippen molar-refractivity contribution < 1.29 is 8.60 Å². The Morgan fingerprint density at radius 1 is 1.56 bits per heavy atom. The van der Waals surface area contributed by atoms with Crippen molar-refractivity contribution in [3.05, 3.63) is 17.8 Å². The molecule has 0 aromatic carbocycles. The van der Waals surface area contributed by atoms with Crippen LogP contribution in [0.25, 0.3) is 0 Å². The average molecular weight is 245 g/mol. The lowest BCUT2D eigenvalue weighted by atomic mass is 10.3. The molecule has 0 fully saturated rings. The van der Waals surface area contributed by atoms with Crippen LogP contribution in [0.3, 0.4) is 0 Å². The zero-order valence-corrected chi connectivity index (χ0v) is 10.5. The van der Waals surface area contributed by atoms with Crippen molar-refractivity contribution in [2.75, 3.05) is 18.1 Å². The minimum absolute atomic E-state index is 0.0422. The van der Waals surface area contributed by atoms with Crippen LogP contribution in [0.2, 0.25) is 0 Å². The predicted molar refractivity (Wildman–Crippen MR) is 63.4 cm³/mol. The first-order valence-electron chi connectivity index (χ1n) is 5.11. The molecule has 6 heteroatoms. The summed E-state index contributed by atoms with van der Waals surface area (Å²) in [5, 5.41) is 2.81. The summed E-state index contributed by atoms with van der Waals surface area (Å²) in [6.45, 7) is 4.10. The van der Waals surface area contributed by atoms with Crippen molar-refractivity contribution >= 4 is 16.6 Å². The maximum absolute atomic E-state index is 13.7. The molecule has 0 radical (unpaired) electrons. The third-order valence-electron chi connectivity index (χ3n) is 2.32. The Hall–Kier alpha value is -1.04. The molecule has 0 amide bonds. The average Bonchev–Trinajstić information content (AvgIpc) is 2.27. The highest BCUT2D eigenvalue weighted by atomic mass is 32.2. The molecule has 16 heavy (non-hydrogen) atoms.